The van der Waals surface area contributed by atoms with Crippen molar-refractivity contribution in [3.8, 4) is 0 Å². The molecule has 4 bridgehead atoms. The van der Waals surface area contributed by atoms with Crippen LogP contribution in [0, 0.1) is 51.8 Å². The summed E-state index contributed by atoms with van der Waals surface area (Å²) in [5.74, 6) is -6.06. The van der Waals surface area contributed by atoms with Gasteiger partial charge in [0.2, 0.25) is 0 Å². The monoisotopic (exact) mass is 738 g/mol. The zero-order valence-electron chi connectivity index (χ0n) is 29.7. The van der Waals surface area contributed by atoms with Gasteiger partial charge >= 0.3 is 36.2 Å². The molecule has 0 aromatic heterocycles. The minimum Gasteiger partial charge on any atom is -0.462 e. The van der Waals surface area contributed by atoms with Crippen LogP contribution < -0.4 is 0 Å². The van der Waals surface area contributed by atoms with E-state index in [0.717, 1.165) is 12.8 Å². The van der Waals surface area contributed by atoms with Crippen LogP contribution in [0.1, 0.15) is 106 Å². The largest absolute Gasteiger partial charge is 0.462 e. The van der Waals surface area contributed by atoms with Crippen molar-refractivity contribution in [2.45, 2.75) is 148 Å². The third kappa shape index (κ3) is 5.75. The van der Waals surface area contributed by atoms with E-state index < -0.39 is 94.3 Å². The molecule has 6 rings (SSSR count). The summed E-state index contributed by atoms with van der Waals surface area (Å²) in [6, 6.07) is 0. The molecule has 0 amide bonds. The second-order valence-corrected chi connectivity index (χ2v) is 17.7. The molecule has 1 N–H and O–H groups in total. The molecular formula is C36H48F6O9. The van der Waals surface area contributed by atoms with Crippen molar-refractivity contribution in [3.05, 3.63) is 0 Å². The standard InChI is InChI=1S/C36H48F6O9/c1-30(2,27(44)50-24-18-14-21-22(15-18)26(43)49-25(21)24)33(6,31(3,4)28(45)51-32(5)9-7-8-10-32)29(46)48-23-13-17-11-19(20(23)12-17)16-34(47,35(37,38)39)36(40,41)42/h17-25,47H,7-16H2,1-6H3. The lowest BCUT2D eigenvalue weighted by atomic mass is 9.53. The smallest absolute Gasteiger partial charge is 0.426 e. The molecule has 0 radical (unpaired) electrons. The fourth-order valence-corrected chi connectivity index (χ4v) is 10.4. The number of fused-ring (bicyclic) bond motifs is 3. The Bertz CT molecular complexity index is 1430. The quantitative estimate of drug-likeness (QED) is 0.150. The Kier molecular flexibility index (Phi) is 8.95. The van der Waals surface area contributed by atoms with Crippen LogP contribution in [0.5, 0.6) is 0 Å². The number of esters is 4. The van der Waals surface area contributed by atoms with Crippen molar-refractivity contribution in [1.82, 2.24) is 0 Å². The average molecular weight is 739 g/mol. The molecule has 5 saturated carbocycles. The molecule has 0 spiro atoms. The zero-order chi connectivity index (χ0) is 37.9. The maximum Gasteiger partial charge on any atom is 0.426 e. The maximum atomic E-state index is 14.6. The van der Waals surface area contributed by atoms with Crippen LogP contribution in [-0.2, 0) is 38.1 Å². The lowest BCUT2D eigenvalue weighted by Crippen LogP contribution is -2.61. The van der Waals surface area contributed by atoms with E-state index in [1.54, 1.807) is 6.92 Å². The van der Waals surface area contributed by atoms with Crippen molar-refractivity contribution in [2.75, 3.05) is 0 Å². The van der Waals surface area contributed by atoms with Crippen LogP contribution in [-0.4, -0.2) is 70.9 Å². The zero-order valence-corrected chi connectivity index (χ0v) is 29.7. The number of alkyl halides is 6. The summed E-state index contributed by atoms with van der Waals surface area (Å²) in [6.07, 6.45) is -11.9. The van der Waals surface area contributed by atoms with E-state index in [1.165, 1.54) is 34.6 Å². The first kappa shape index (κ1) is 38.2. The molecule has 5 aliphatic carbocycles. The van der Waals surface area contributed by atoms with Gasteiger partial charge < -0.3 is 24.1 Å². The van der Waals surface area contributed by atoms with Gasteiger partial charge in [-0.1, -0.05) is 0 Å². The van der Waals surface area contributed by atoms with Gasteiger partial charge in [-0.2, -0.15) is 26.3 Å². The van der Waals surface area contributed by atoms with Crippen LogP contribution >= 0.6 is 0 Å². The first-order valence-electron chi connectivity index (χ1n) is 18.0. The minimum atomic E-state index is -5.99. The van der Waals surface area contributed by atoms with Gasteiger partial charge in [-0.3, -0.25) is 19.2 Å². The molecule has 15 heteroatoms. The maximum absolute atomic E-state index is 14.6. The van der Waals surface area contributed by atoms with Gasteiger partial charge in [-0.15, -0.1) is 0 Å². The summed E-state index contributed by atoms with van der Waals surface area (Å²) < 4.78 is 105. The molecule has 51 heavy (non-hydrogen) atoms. The molecule has 288 valence electrons. The third-order valence-electron chi connectivity index (χ3n) is 14.2. The molecule has 10 unspecified atom stereocenters. The topological polar surface area (TPSA) is 125 Å². The van der Waals surface area contributed by atoms with Gasteiger partial charge in [-0.05, 0) is 124 Å². The Morgan fingerprint density at radius 3 is 1.96 bits per heavy atom. The SMILES string of the molecule is CC1(OC(=O)C(C)(C)C(C)(C(=O)OC2CC3CC(CC(O)(C(F)(F)F)C(F)(F)F)C2C3)C(C)(C)C(=O)OC2C3CC4C(=O)OC2C4C3)CCCC1. The second-order valence-electron chi connectivity index (χ2n) is 17.7. The summed E-state index contributed by atoms with van der Waals surface area (Å²) in [5.41, 5.74) is -11.4. The third-order valence-corrected chi connectivity index (χ3v) is 14.2. The second kappa shape index (κ2) is 12.0. The van der Waals surface area contributed by atoms with Crippen LogP contribution in [0.15, 0.2) is 0 Å². The van der Waals surface area contributed by atoms with Gasteiger partial charge in [0.1, 0.15) is 23.9 Å². The Morgan fingerprint density at radius 2 is 1.39 bits per heavy atom. The van der Waals surface area contributed by atoms with Crippen molar-refractivity contribution in [3.63, 3.8) is 0 Å². The molecular weight excluding hydrogens is 690 g/mol. The molecule has 1 saturated heterocycles. The number of carbonyl (C=O) groups excluding carboxylic acids is 4. The van der Waals surface area contributed by atoms with Gasteiger partial charge in [0.05, 0.1) is 22.2 Å². The first-order chi connectivity index (χ1) is 23.3. The number of aliphatic hydroxyl groups is 1. The summed E-state index contributed by atoms with van der Waals surface area (Å²) in [4.78, 5) is 55.4. The van der Waals surface area contributed by atoms with Gasteiger partial charge in [-0.25, -0.2) is 0 Å². The highest BCUT2D eigenvalue weighted by atomic mass is 19.4. The van der Waals surface area contributed by atoms with Crippen LogP contribution in [0.3, 0.4) is 0 Å². The minimum absolute atomic E-state index is 0.0190. The van der Waals surface area contributed by atoms with Crippen molar-refractivity contribution in [1.29, 1.82) is 0 Å². The van der Waals surface area contributed by atoms with Crippen molar-refractivity contribution < 1.29 is 69.6 Å². The van der Waals surface area contributed by atoms with E-state index in [4.69, 9.17) is 18.9 Å². The van der Waals surface area contributed by atoms with Gasteiger partial charge in [0, 0.05) is 11.8 Å². The lowest BCUT2D eigenvalue weighted by Gasteiger charge is -2.50. The average Bonchev–Trinajstić information content (AvgIpc) is 3.85. The molecule has 6 aliphatic rings. The van der Waals surface area contributed by atoms with E-state index in [2.05, 4.69) is 0 Å². The highest BCUT2D eigenvalue weighted by Gasteiger charge is 2.72. The molecule has 1 aliphatic heterocycles. The van der Waals surface area contributed by atoms with Crippen molar-refractivity contribution in [2.24, 2.45) is 51.8 Å². The highest BCUT2D eigenvalue weighted by Crippen LogP contribution is 2.60. The predicted molar refractivity (Wildman–Crippen MR) is 164 cm³/mol. The van der Waals surface area contributed by atoms with E-state index in [-0.39, 0.29) is 48.9 Å². The van der Waals surface area contributed by atoms with E-state index in [1.807, 2.05) is 0 Å². The summed E-state index contributed by atoms with van der Waals surface area (Å²) >= 11 is 0. The highest BCUT2D eigenvalue weighted by molar-refractivity contribution is 5.94. The Morgan fingerprint density at radius 1 is 0.804 bits per heavy atom. The Hall–Kier alpha value is -2.58. The van der Waals surface area contributed by atoms with E-state index in [9.17, 15) is 50.6 Å². The van der Waals surface area contributed by atoms with Crippen LogP contribution in [0.2, 0.25) is 0 Å². The molecule has 0 aromatic carbocycles. The Balaban J connectivity index is 1.28. The number of carbonyl (C=O) groups is 4. The van der Waals surface area contributed by atoms with Gasteiger partial charge in [0.15, 0.2) is 0 Å². The number of halogens is 6. The summed E-state index contributed by atoms with van der Waals surface area (Å²) in [7, 11) is 0. The first-order valence-corrected chi connectivity index (χ1v) is 18.0. The Labute approximate surface area is 292 Å². The fraction of sp³-hybridized carbons (Fsp3) is 0.889. The molecule has 6 fully saturated rings. The number of rotatable bonds is 10. The van der Waals surface area contributed by atoms with Crippen LogP contribution in [0.25, 0.3) is 0 Å². The molecule has 1 heterocycles. The van der Waals surface area contributed by atoms with E-state index in [0.29, 0.717) is 25.7 Å². The molecule has 0 aromatic rings. The number of hydrogen-bond donors (Lipinski definition) is 1. The molecule has 9 nitrogen and oxygen atoms in total. The number of hydrogen-bond acceptors (Lipinski definition) is 9. The summed E-state index contributed by atoms with van der Waals surface area (Å²) in [6.45, 7) is 8.90. The van der Waals surface area contributed by atoms with Gasteiger partial charge in [0.25, 0.3) is 5.60 Å². The number of ether oxygens (including phenoxy) is 4. The van der Waals surface area contributed by atoms with Crippen LogP contribution in [0.4, 0.5) is 26.3 Å². The predicted octanol–water partition coefficient (Wildman–Crippen LogP) is 6.62. The van der Waals surface area contributed by atoms with Crippen molar-refractivity contribution >= 4 is 23.9 Å². The molecule has 10 atom stereocenters. The lowest BCUT2D eigenvalue weighted by molar-refractivity contribution is -0.373. The normalized spacial score (nSPS) is 35.5. The summed E-state index contributed by atoms with van der Waals surface area (Å²) in [5, 5.41) is 9.97. The van der Waals surface area contributed by atoms with E-state index >= 15 is 0 Å². The fourth-order valence-electron chi connectivity index (χ4n) is 10.4.